The summed E-state index contributed by atoms with van der Waals surface area (Å²) < 4.78 is 18.6. The standard InChI is InChI=1S/C17H20FNO/c1-4-19-11-14-10-13(5-8-17(14)20-3)16-7-6-15(18)9-12(16)2/h5-10,19H,4,11H2,1-3H3. The number of aryl methyl sites for hydroxylation is 1. The second-order valence-corrected chi connectivity index (χ2v) is 4.77. The Hall–Kier alpha value is -1.87. The van der Waals surface area contributed by atoms with Gasteiger partial charge in [-0.15, -0.1) is 0 Å². The molecule has 2 aromatic rings. The second-order valence-electron chi connectivity index (χ2n) is 4.77. The van der Waals surface area contributed by atoms with Crippen LogP contribution in [0.15, 0.2) is 36.4 Å². The Morgan fingerprint density at radius 2 is 1.95 bits per heavy atom. The number of hydrogen-bond donors (Lipinski definition) is 1. The molecule has 1 N–H and O–H groups in total. The zero-order chi connectivity index (χ0) is 14.5. The fourth-order valence-electron chi connectivity index (χ4n) is 2.29. The van der Waals surface area contributed by atoms with Gasteiger partial charge >= 0.3 is 0 Å². The highest BCUT2D eigenvalue weighted by Gasteiger charge is 2.08. The lowest BCUT2D eigenvalue weighted by Crippen LogP contribution is -2.12. The first-order valence-corrected chi connectivity index (χ1v) is 6.80. The van der Waals surface area contributed by atoms with Crippen molar-refractivity contribution < 1.29 is 9.13 Å². The van der Waals surface area contributed by atoms with E-state index in [2.05, 4.69) is 18.3 Å². The van der Waals surface area contributed by atoms with E-state index >= 15 is 0 Å². The molecule has 0 bridgehead atoms. The number of hydrogen-bond acceptors (Lipinski definition) is 2. The van der Waals surface area contributed by atoms with E-state index in [9.17, 15) is 4.39 Å². The van der Waals surface area contributed by atoms with Crippen LogP contribution < -0.4 is 10.1 Å². The fourth-order valence-corrected chi connectivity index (χ4v) is 2.29. The first-order chi connectivity index (χ1) is 9.65. The SMILES string of the molecule is CCNCc1cc(-c2ccc(F)cc2C)ccc1OC. The highest BCUT2D eigenvalue weighted by molar-refractivity contribution is 5.69. The van der Waals surface area contributed by atoms with Crippen LogP contribution in [0.3, 0.4) is 0 Å². The first kappa shape index (κ1) is 14.5. The van der Waals surface area contributed by atoms with Crippen LogP contribution in [-0.2, 0) is 6.54 Å². The molecule has 0 atom stereocenters. The van der Waals surface area contributed by atoms with Crippen LogP contribution in [0.2, 0.25) is 0 Å². The molecule has 0 unspecified atom stereocenters. The molecule has 0 fully saturated rings. The quantitative estimate of drug-likeness (QED) is 0.891. The Kier molecular flexibility index (Phi) is 4.74. The molecule has 0 aliphatic heterocycles. The smallest absolute Gasteiger partial charge is 0.123 e. The summed E-state index contributed by atoms with van der Waals surface area (Å²) in [6.07, 6.45) is 0. The van der Waals surface area contributed by atoms with E-state index in [-0.39, 0.29) is 5.82 Å². The third-order valence-electron chi connectivity index (χ3n) is 3.35. The highest BCUT2D eigenvalue weighted by atomic mass is 19.1. The minimum absolute atomic E-state index is 0.201. The summed E-state index contributed by atoms with van der Waals surface area (Å²) in [5.41, 5.74) is 4.17. The van der Waals surface area contributed by atoms with E-state index in [0.29, 0.717) is 0 Å². The van der Waals surface area contributed by atoms with Gasteiger partial charge in [0.1, 0.15) is 11.6 Å². The molecule has 0 amide bonds. The Balaban J connectivity index is 2.41. The third-order valence-corrected chi connectivity index (χ3v) is 3.35. The van der Waals surface area contributed by atoms with Gasteiger partial charge in [0, 0.05) is 12.1 Å². The zero-order valence-electron chi connectivity index (χ0n) is 12.2. The molecule has 0 spiro atoms. The molecule has 0 aromatic heterocycles. The summed E-state index contributed by atoms with van der Waals surface area (Å²) in [7, 11) is 1.67. The van der Waals surface area contributed by atoms with Crippen molar-refractivity contribution in [1.82, 2.24) is 5.32 Å². The van der Waals surface area contributed by atoms with Gasteiger partial charge in [-0.2, -0.15) is 0 Å². The molecule has 0 radical (unpaired) electrons. The molecule has 0 saturated heterocycles. The van der Waals surface area contributed by atoms with E-state index in [1.807, 2.05) is 25.1 Å². The lowest BCUT2D eigenvalue weighted by atomic mass is 9.98. The van der Waals surface area contributed by atoms with Crippen LogP contribution in [0.5, 0.6) is 5.75 Å². The molecule has 3 heteroatoms. The number of nitrogens with one attached hydrogen (secondary N) is 1. The second kappa shape index (κ2) is 6.53. The van der Waals surface area contributed by atoms with Crippen LogP contribution in [-0.4, -0.2) is 13.7 Å². The number of ether oxygens (including phenoxy) is 1. The van der Waals surface area contributed by atoms with E-state index in [4.69, 9.17) is 4.74 Å². The maximum absolute atomic E-state index is 13.2. The van der Waals surface area contributed by atoms with Gasteiger partial charge in [0.05, 0.1) is 7.11 Å². The molecule has 2 rings (SSSR count). The largest absolute Gasteiger partial charge is 0.496 e. The predicted molar refractivity (Wildman–Crippen MR) is 80.5 cm³/mol. The van der Waals surface area contributed by atoms with Crippen molar-refractivity contribution in [2.45, 2.75) is 20.4 Å². The van der Waals surface area contributed by atoms with E-state index in [1.54, 1.807) is 13.2 Å². The monoisotopic (exact) mass is 273 g/mol. The average Bonchev–Trinajstić information content (AvgIpc) is 2.45. The van der Waals surface area contributed by atoms with Crippen molar-refractivity contribution in [2.24, 2.45) is 0 Å². The summed E-state index contributed by atoms with van der Waals surface area (Å²) in [4.78, 5) is 0. The van der Waals surface area contributed by atoms with Gasteiger partial charge < -0.3 is 10.1 Å². The number of rotatable bonds is 5. The summed E-state index contributed by atoms with van der Waals surface area (Å²) in [6, 6.07) is 10.9. The molecule has 2 nitrogen and oxygen atoms in total. The van der Waals surface area contributed by atoms with Crippen molar-refractivity contribution in [2.75, 3.05) is 13.7 Å². The number of benzene rings is 2. The van der Waals surface area contributed by atoms with Crippen molar-refractivity contribution >= 4 is 0 Å². The molecule has 0 saturated carbocycles. The molecule has 20 heavy (non-hydrogen) atoms. The summed E-state index contributed by atoms with van der Waals surface area (Å²) >= 11 is 0. The molecule has 106 valence electrons. The topological polar surface area (TPSA) is 21.3 Å². The van der Waals surface area contributed by atoms with E-state index < -0.39 is 0 Å². The normalized spacial score (nSPS) is 10.6. The molecule has 2 aromatic carbocycles. The Morgan fingerprint density at radius 1 is 1.15 bits per heavy atom. The Labute approximate surface area is 119 Å². The van der Waals surface area contributed by atoms with Crippen LogP contribution >= 0.6 is 0 Å². The maximum atomic E-state index is 13.2. The molecule has 0 heterocycles. The van der Waals surface area contributed by atoms with Crippen LogP contribution in [0.4, 0.5) is 4.39 Å². The van der Waals surface area contributed by atoms with E-state index in [0.717, 1.165) is 41.1 Å². The predicted octanol–water partition coefficient (Wildman–Crippen LogP) is 3.92. The molecular weight excluding hydrogens is 253 g/mol. The molecule has 0 aliphatic carbocycles. The fraction of sp³-hybridized carbons (Fsp3) is 0.294. The van der Waals surface area contributed by atoms with Crippen LogP contribution in [0, 0.1) is 12.7 Å². The maximum Gasteiger partial charge on any atom is 0.123 e. The average molecular weight is 273 g/mol. The minimum atomic E-state index is -0.201. The number of methoxy groups -OCH3 is 1. The Morgan fingerprint density at radius 3 is 2.60 bits per heavy atom. The summed E-state index contributed by atoms with van der Waals surface area (Å²) in [5, 5.41) is 3.30. The minimum Gasteiger partial charge on any atom is -0.496 e. The van der Waals surface area contributed by atoms with Gasteiger partial charge in [0.2, 0.25) is 0 Å². The third kappa shape index (κ3) is 3.17. The highest BCUT2D eigenvalue weighted by Crippen LogP contribution is 2.29. The first-order valence-electron chi connectivity index (χ1n) is 6.80. The van der Waals surface area contributed by atoms with Crippen molar-refractivity contribution in [3.8, 4) is 16.9 Å². The van der Waals surface area contributed by atoms with Crippen LogP contribution in [0.1, 0.15) is 18.1 Å². The molecular formula is C17H20FNO. The van der Waals surface area contributed by atoms with Crippen molar-refractivity contribution in [1.29, 1.82) is 0 Å². The summed E-state index contributed by atoms with van der Waals surface area (Å²) in [5.74, 6) is 0.669. The van der Waals surface area contributed by atoms with Crippen LogP contribution in [0.25, 0.3) is 11.1 Å². The van der Waals surface area contributed by atoms with Gasteiger partial charge in [-0.05, 0) is 54.4 Å². The summed E-state index contributed by atoms with van der Waals surface area (Å²) in [6.45, 7) is 5.66. The number of halogens is 1. The lowest BCUT2D eigenvalue weighted by Gasteiger charge is -2.13. The van der Waals surface area contributed by atoms with Crippen molar-refractivity contribution in [3.05, 3.63) is 53.3 Å². The van der Waals surface area contributed by atoms with Gasteiger partial charge in [-0.3, -0.25) is 0 Å². The van der Waals surface area contributed by atoms with E-state index in [1.165, 1.54) is 6.07 Å². The van der Waals surface area contributed by atoms with Crippen molar-refractivity contribution in [3.63, 3.8) is 0 Å². The van der Waals surface area contributed by atoms with Gasteiger partial charge in [-0.1, -0.05) is 19.1 Å². The van der Waals surface area contributed by atoms with Gasteiger partial charge in [0.25, 0.3) is 0 Å². The molecule has 0 aliphatic rings. The zero-order valence-corrected chi connectivity index (χ0v) is 12.2. The lowest BCUT2D eigenvalue weighted by molar-refractivity contribution is 0.408. The Bertz CT molecular complexity index is 596. The van der Waals surface area contributed by atoms with Gasteiger partial charge in [-0.25, -0.2) is 4.39 Å². The van der Waals surface area contributed by atoms with Gasteiger partial charge in [0.15, 0.2) is 0 Å².